The van der Waals surface area contributed by atoms with Crippen molar-refractivity contribution in [3.8, 4) is 28.1 Å². The van der Waals surface area contributed by atoms with Crippen molar-refractivity contribution in [1.29, 1.82) is 0 Å². The summed E-state index contributed by atoms with van der Waals surface area (Å²) in [5.41, 5.74) is 1.16. The molecule has 0 amide bonds. The van der Waals surface area contributed by atoms with E-state index in [0.29, 0.717) is 28.9 Å². The number of hydrogen-bond donors (Lipinski definition) is 2. The molecule has 0 radical (unpaired) electrons. The van der Waals surface area contributed by atoms with Gasteiger partial charge in [0.05, 0.1) is 29.6 Å². The molecule has 3 heterocycles. The van der Waals surface area contributed by atoms with Crippen molar-refractivity contribution in [1.82, 2.24) is 9.97 Å². The summed E-state index contributed by atoms with van der Waals surface area (Å²) >= 11 is 1.51. The minimum Gasteiger partial charge on any atom is -0.493 e. The lowest BCUT2D eigenvalue weighted by atomic mass is 9.88. The fourth-order valence-electron chi connectivity index (χ4n) is 4.09. The number of benzene rings is 2. The van der Waals surface area contributed by atoms with E-state index in [-0.39, 0.29) is 18.2 Å². The molecule has 1 aliphatic rings. The fraction of sp³-hybridized carbons (Fsp3) is 0.200. The van der Waals surface area contributed by atoms with Gasteiger partial charge in [-0.15, -0.1) is 11.3 Å². The number of thiazole rings is 1. The third-order valence-electron chi connectivity index (χ3n) is 5.91. The number of rotatable bonds is 6. The zero-order valence-electron chi connectivity index (χ0n) is 18.6. The Bertz CT molecular complexity index is 1380. The molecule has 0 aliphatic carbocycles. The van der Waals surface area contributed by atoms with Crippen LogP contribution in [0.5, 0.6) is 5.75 Å². The van der Waals surface area contributed by atoms with Crippen LogP contribution in [-0.2, 0) is 17.4 Å². The van der Waals surface area contributed by atoms with Crippen molar-refractivity contribution < 1.29 is 27.2 Å². The van der Waals surface area contributed by atoms with E-state index in [9.17, 15) is 22.5 Å². The maximum absolute atomic E-state index is 12.8. The first-order valence-corrected chi connectivity index (χ1v) is 13.0. The Hall–Kier alpha value is -3.28. The molecular weight excluding hydrogens is 511 g/mol. The Kier molecular flexibility index (Phi) is 6.78. The second-order valence-corrected chi connectivity index (χ2v) is 10.2. The summed E-state index contributed by atoms with van der Waals surface area (Å²) in [6, 6.07) is 15.2. The van der Waals surface area contributed by atoms with E-state index in [1.807, 2.05) is 22.2 Å². The fourth-order valence-corrected chi connectivity index (χ4v) is 5.14. The van der Waals surface area contributed by atoms with Crippen LogP contribution in [0.1, 0.15) is 17.4 Å². The van der Waals surface area contributed by atoms with Gasteiger partial charge in [0.15, 0.2) is 0 Å². The zero-order valence-corrected chi connectivity index (χ0v) is 20.2. The van der Waals surface area contributed by atoms with Crippen molar-refractivity contribution in [2.24, 2.45) is 5.92 Å². The van der Waals surface area contributed by atoms with Crippen LogP contribution in [0.15, 0.2) is 71.7 Å². The third kappa shape index (κ3) is 5.13. The molecule has 0 saturated heterocycles. The number of para-hydroxylation sites is 1. The van der Waals surface area contributed by atoms with Gasteiger partial charge < -0.3 is 9.84 Å². The molecule has 0 fully saturated rings. The van der Waals surface area contributed by atoms with Gasteiger partial charge in [0.25, 0.3) is 0 Å². The monoisotopic (exact) mass is 531 g/mol. The molecule has 4 aromatic rings. The van der Waals surface area contributed by atoms with E-state index in [4.69, 9.17) is 4.74 Å². The normalized spacial score (nSPS) is 18.2. The SMILES string of the molecule is O=S(Nc1ccccc1-c1ccc2c(c1)OCC(Cc1ccc(-c3cscn3)cn1)C2O)C(F)(F)F. The molecule has 0 saturated carbocycles. The Morgan fingerprint density at radius 2 is 1.92 bits per heavy atom. The number of ether oxygens (including phenoxy) is 1. The molecule has 3 unspecified atom stereocenters. The number of aliphatic hydroxyl groups is 1. The predicted molar refractivity (Wildman–Crippen MR) is 133 cm³/mol. The van der Waals surface area contributed by atoms with Gasteiger partial charge in [0, 0.05) is 39.9 Å². The Morgan fingerprint density at radius 1 is 1.11 bits per heavy atom. The van der Waals surface area contributed by atoms with E-state index >= 15 is 0 Å². The molecule has 6 nitrogen and oxygen atoms in total. The number of nitrogens with one attached hydrogen (secondary N) is 1. The maximum atomic E-state index is 12.8. The van der Waals surface area contributed by atoms with Crippen molar-refractivity contribution in [2.75, 3.05) is 11.3 Å². The van der Waals surface area contributed by atoms with Crippen LogP contribution in [0.4, 0.5) is 18.9 Å². The van der Waals surface area contributed by atoms with Gasteiger partial charge in [0.1, 0.15) is 5.75 Å². The molecule has 36 heavy (non-hydrogen) atoms. The number of aromatic nitrogens is 2. The van der Waals surface area contributed by atoms with Gasteiger partial charge in [-0.05, 0) is 36.2 Å². The number of anilines is 1. The molecule has 1 aliphatic heterocycles. The lowest BCUT2D eigenvalue weighted by molar-refractivity contribution is -0.0379. The predicted octanol–water partition coefficient (Wildman–Crippen LogP) is 5.75. The van der Waals surface area contributed by atoms with E-state index in [1.165, 1.54) is 17.4 Å². The summed E-state index contributed by atoms with van der Waals surface area (Å²) in [5, 5.41) is 13.0. The maximum Gasteiger partial charge on any atom is 0.490 e. The number of halogens is 3. The number of aliphatic hydroxyl groups excluding tert-OH is 1. The van der Waals surface area contributed by atoms with Crippen molar-refractivity contribution in [3.05, 3.63) is 82.9 Å². The molecule has 0 spiro atoms. The highest BCUT2D eigenvalue weighted by Gasteiger charge is 2.38. The summed E-state index contributed by atoms with van der Waals surface area (Å²) in [5.74, 6) is 0.235. The summed E-state index contributed by atoms with van der Waals surface area (Å²) < 4.78 is 57.9. The third-order valence-corrected chi connectivity index (χ3v) is 7.32. The van der Waals surface area contributed by atoms with Crippen LogP contribution < -0.4 is 9.46 Å². The van der Waals surface area contributed by atoms with Gasteiger partial charge in [-0.25, -0.2) is 9.19 Å². The van der Waals surface area contributed by atoms with Crippen LogP contribution in [-0.4, -0.2) is 31.4 Å². The molecule has 186 valence electrons. The highest BCUT2D eigenvalue weighted by molar-refractivity contribution is 7.87. The Morgan fingerprint density at radius 3 is 2.64 bits per heavy atom. The van der Waals surface area contributed by atoms with Gasteiger partial charge in [0.2, 0.25) is 11.0 Å². The van der Waals surface area contributed by atoms with E-state index < -0.39 is 22.6 Å². The van der Waals surface area contributed by atoms with Gasteiger partial charge >= 0.3 is 5.51 Å². The Labute approximate surface area is 211 Å². The minimum atomic E-state index is -4.89. The second kappa shape index (κ2) is 10.00. The lowest BCUT2D eigenvalue weighted by Gasteiger charge is -2.30. The second-order valence-electron chi connectivity index (χ2n) is 8.25. The number of pyridine rings is 1. The first-order chi connectivity index (χ1) is 17.3. The van der Waals surface area contributed by atoms with E-state index in [2.05, 4.69) is 9.97 Å². The smallest absolute Gasteiger partial charge is 0.490 e. The largest absolute Gasteiger partial charge is 0.493 e. The highest BCUT2D eigenvalue weighted by Crippen LogP contribution is 2.40. The Balaban J connectivity index is 1.33. The van der Waals surface area contributed by atoms with Gasteiger partial charge in [-0.2, -0.15) is 13.2 Å². The molecule has 3 atom stereocenters. The molecule has 2 N–H and O–H groups in total. The minimum absolute atomic E-state index is 0.0783. The first-order valence-electron chi connectivity index (χ1n) is 10.9. The number of nitrogens with zero attached hydrogens (tertiary/aromatic N) is 2. The van der Waals surface area contributed by atoms with Gasteiger partial charge in [-0.3, -0.25) is 9.71 Å². The summed E-state index contributed by atoms with van der Waals surface area (Å²) in [6.07, 6.45) is 1.47. The number of hydrogen-bond acceptors (Lipinski definition) is 6. The summed E-state index contributed by atoms with van der Waals surface area (Å²) in [4.78, 5) is 8.79. The average Bonchev–Trinajstić information content (AvgIpc) is 3.41. The average molecular weight is 532 g/mol. The highest BCUT2D eigenvalue weighted by atomic mass is 32.2. The molecule has 0 bridgehead atoms. The number of alkyl halides is 3. The summed E-state index contributed by atoms with van der Waals surface area (Å²) in [6.45, 7) is 0.255. The quantitative estimate of drug-likeness (QED) is 0.331. The topological polar surface area (TPSA) is 84.3 Å². The van der Waals surface area contributed by atoms with E-state index in [0.717, 1.165) is 17.0 Å². The lowest BCUT2D eigenvalue weighted by Crippen LogP contribution is -2.28. The first kappa shape index (κ1) is 24.4. The standard InChI is InChI=1S/C25H20F3N3O3S2/c26-25(27,28)36(33)31-21-4-2-1-3-19(21)15-6-8-20-23(10-15)34-12-17(24(20)32)9-18-7-5-16(11-29-18)22-13-35-14-30-22/h1-8,10-11,13-14,17,24,31-32H,9,12H2. The van der Waals surface area contributed by atoms with Crippen LogP contribution in [0, 0.1) is 5.92 Å². The molecule has 2 aromatic carbocycles. The van der Waals surface area contributed by atoms with Crippen LogP contribution in [0.2, 0.25) is 0 Å². The van der Waals surface area contributed by atoms with Crippen molar-refractivity contribution in [3.63, 3.8) is 0 Å². The van der Waals surface area contributed by atoms with Crippen LogP contribution in [0.25, 0.3) is 22.4 Å². The van der Waals surface area contributed by atoms with Crippen LogP contribution in [0.3, 0.4) is 0 Å². The van der Waals surface area contributed by atoms with E-state index in [1.54, 1.807) is 48.1 Å². The van der Waals surface area contributed by atoms with Gasteiger partial charge in [-0.1, -0.05) is 30.3 Å². The van der Waals surface area contributed by atoms with Crippen molar-refractivity contribution in [2.45, 2.75) is 18.0 Å². The van der Waals surface area contributed by atoms with Crippen molar-refractivity contribution >= 4 is 28.0 Å². The summed E-state index contributed by atoms with van der Waals surface area (Å²) in [7, 11) is -3.24. The molecular formula is C25H20F3N3O3S2. The number of fused-ring (bicyclic) bond motifs is 1. The molecule has 2 aromatic heterocycles. The van der Waals surface area contributed by atoms with Crippen LogP contribution >= 0.6 is 11.3 Å². The zero-order chi connectivity index (χ0) is 25.3. The molecule has 11 heteroatoms. The molecule has 5 rings (SSSR count).